The van der Waals surface area contributed by atoms with Gasteiger partial charge in [-0.15, -0.1) is 0 Å². The largest absolute Gasteiger partial charge is 0.350 e. The number of nitrogens with zero attached hydrogens (tertiary/aromatic N) is 2. The van der Waals surface area contributed by atoms with Gasteiger partial charge in [0.05, 0.1) is 16.4 Å². The minimum Gasteiger partial charge on any atom is -0.350 e. The molecule has 0 unspecified atom stereocenters. The van der Waals surface area contributed by atoms with Crippen molar-refractivity contribution in [3.8, 4) is 5.69 Å². The van der Waals surface area contributed by atoms with Crippen molar-refractivity contribution in [2.24, 2.45) is 5.92 Å². The summed E-state index contributed by atoms with van der Waals surface area (Å²) in [7, 11) is 0. The van der Waals surface area contributed by atoms with Crippen LogP contribution in [0.4, 0.5) is 0 Å². The lowest BCUT2D eigenvalue weighted by atomic mass is 9.89. The molecule has 1 aromatic heterocycles. The van der Waals surface area contributed by atoms with Crippen LogP contribution in [0, 0.1) is 5.92 Å². The Labute approximate surface area is 175 Å². The molecule has 1 N–H and O–H groups in total. The molecule has 5 rings (SSSR count). The van der Waals surface area contributed by atoms with Crippen LogP contribution < -0.4 is 5.32 Å². The first-order valence-corrected chi connectivity index (χ1v) is 11.2. The third kappa shape index (κ3) is 3.15. The number of hydrogen-bond acceptors (Lipinski definition) is 2. The van der Waals surface area contributed by atoms with Gasteiger partial charge < -0.3 is 5.32 Å². The van der Waals surface area contributed by atoms with E-state index in [2.05, 4.69) is 5.32 Å². The zero-order chi connectivity index (χ0) is 19.3. The van der Waals surface area contributed by atoms with Crippen LogP contribution in [0.3, 0.4) is 0 Å². The highest BCUT2D eigenvalue weighted by molar-refractivity contribution is 6.35. The van der Waals surface area contributed by atoms with Crippen molar-refractivity contribution in [2.45, 2.75) is 63.2 Å². The van der Waals surface area contributed by atoms with Crippen LogP contribution in [0.5, 0.6) is 0 Å². The molecule has 1 aromatic carbocycles. The third-order valence-corrected chi connectivity index (χ3v) is 7.35. The molecule has 2 saturated carbocycles. The van der Waals surface area contributed by atoms with Crippen molar-refractivity contribution >= 4 is 29.1 Å². The van der Waals surface area contributed by atoms with E-state index in [4.69, 9.17) is 28.3 Å². The Morgan fingerprint density at radius 3 is 2.68 bits per heavy atom. The number of rotatable bonds is 4. The van der Waals surface area contributed by atoms with Crippen LogP contribution >= 0.6 is 23.2 Å². The molecule has 0 saturated heterocycles. The predicted octanol–water partition coefficient (Wildman–Crippen LogP) is 5.85. The Kier molecular flexibility index (Phi) is 4.88. The molecule has 0 radical (unpaired) electrons. The summed E-state index contributed by atoms with van der Waals surface area (Å²) in [5, 5.41) is 9.12. The zero-order valence-corrected chi connectivity index (χ0v) is 17.4. The van der Waals surface area contributed by atoms with Gasteiger partial charge in [0.25, 0.3) is 5.91 Å². The topological polar surface area (TPSA) is 46.9 Å². The lowest BCUT2D eigenvalue weighted by molar-refractivity contribution is 0.0936. The second-order valence-electron chi connectivity index (χ2n) is 8.58. The molecule has 0 spiro atoms. The molecule has 3 aliphatic rings. The zero-order valence-electron chi connectivity index (χ0n) is 15.9. The summed E-state index contributed by atoms with van der Waals surface area (Å²) < 4.78 is 1.91. The van der Waals surface area contributed by atoms with Gasteiger partial charge in [0.15, 0.2) is 5.69 Å². The number of aromatic nitrogens is 2. The molecule has 2 aromatic rings. The van der Waals surface area contributed by atoms with Crippen molar-refractivity contribution in [1.29, 1.82) is 0 Å². The lowest BCUT2D eigenvalue weighted by Gasteiger charge is -2.21. The maximum atomic E-state index is 13.1. The predicted molar refractivity (Wildman–Crippen MR) is 112 cm³/mol. The van der Waals surface area contributed by atoms with E-state index in [0.717, 1.165) is 37.1 Å². The van der Waals surface area contributed by atoms with Gasteiger partial charge in [0.2, 0.25) is 0 Å². The smallest absolute Gasteiger partial charge is 0.272 e. The molecule has 2 bridgehead atoms. The summed E-state index contributed by atoms with van der Waals surface area (Å²) in [6.45, 7) is 0.760. The number of carbonyl (C=O) groups is 1. The average molecular weight is 418 g/mol. The molecule has 28 heavy (non-hydrogen) atoms. The Morgan fingerprint density at radius 2 is 1.89 bits per heavy atom. The van der Waals surface area contributed by atoms with E-state index in [-0.39, 0.29) is 5.91 Å². The maximum Gasteiger partial charge on any atom is 0.272 e. The molecule has 0 aliphatic heterocycles. The van der Waals surface area contributed by atoms with Crippen LogP contribution in [0.25, 0.3) is 5.69 Å². The molecule has 6 heteroatoms. The monoisotopic (exact) mass is 417 g/mol. The van der Waals surface area contributed by atoms with Crippen molar-refractivity contribution in [1.82, 2.24) is 15.1 Å². The Morgan fingerprint density at radius 1 is 1.11 bits per heavy atom. The summed E-state index contributed by atoms with van der Waals surface area (Å²) in [5.41, 5.74) is 3.75. The molecule has 1 amide bonds. The number of halogens is 2. The molecule has 1 heterocycles. The highest BCUT2D eigenvalue weighted by atomic mass is 35.5. The Bertz CT molecular complexity index is 917. The molecule has 148 valence electrons. The summed E-state index contributed by atoms with van der Waals surface area (Å²) in [6, 6.07) is 5.46. The highest BCUT2D eigenvalue weighted by Crippen LogP contribution is 2.54. The summed E-state index contributed by atoms with van der Waals surface area (Å²) >= 11 is 12.6. The number of amides is 1. The van der Waals surface area contributed by atoms with Crippen LogP contribution in [0.2, 0.25) is 10.0 Å². The van der Waals surface area contributed by atoms with E-state index in [0.29, 0.717) is 33.5 Å². The first kappa shape index (κ1) is 18.5. The van der Waals surface area contributed by atoms with E-state index in [1.807, 2.05) is 16.8 Å². The van der Waals surface area contributed by atoms with Gasteiger partial charge in [-0.3, -0.25) is 4.79 Å². The fraction of sp³-hybridized carbons (Fsp3) is 0.545. The second kappa shape index (κ2) is 7.38. The minimum absolute atomic E-state index is 0.0294. The Hall–Kier alpha value is -1.52. The van der Waals surface area contributed by atoms with E-state index in [1.54, 1.807) is 6.07 Å². The van der Waals surface area contributed by atoms with E-state index >= 15 is 0 Å². The fourth-order valence-electron chi connectivity index (χ4n) is 5.45. The van der Waals surface area contributed by atoms with E-state index in [9.17, 15) is 4.79 Å². The van der Waals surface area contributed by atoms with Crippen LogP contribution in [0.15, 0.2) is 18.2 Å². The van der Waals surface area contributed by atoms with Crippen LogP contribution in [-0.2, 0) is 0 Å². The molecular formula is C22H25Cl2N3O. The van der Waals surface area contributed by atoms with Gasteiger partial charge in [-0.25, -0.2) is 4.68 Å². The lowest BCUT2D eigenvalue weighted by Crippen LogP contribution is -2.31. The van der Waals surface area contributed by atoms with Crippen LogP contribution in [-0.4, -0.2) is 22.2 Å². The summed E-state index contributed by atoms with van der Waals surface area (Å²) in [5.74, 6) is 1.50. The quantitative estimate of drug-likeness (QED) is 0.677. The molecule has 3 aliphatic carbocycles. The molecule has 2 fully saturated rings. The van der Waals surface area contributed by atoms with Crippen molar-refractivity contribution in [2.75, 3.05) is 6.54 Å². The van der Waals surface area contributed by atoms with E-state index < -0.39 is 0 Å². The molecular weight excluding hydrogens is 393 g/mol. The van der Waals surface area contributed by atoms with Gasteiger partial charge in [-0.1, -0.05) is 42.5 Å². The third-order valence-electron chi connectivity index (χ3n) is 6.82. The molecule has 4 nitrogen and oxygen atoms in total. The maximum absolute atomic E-state index is 13.1. The van der Waals surface area contributed by atoms with E-state index in [1.165, 1.54) is 37.8 Å². The number of hydrogen-bond donors (Lipinski definition) is 1. The van der Waals surface area contributed by atoms with Gasteiger partial charge in [-0.05, 0) is 62.1 Å². The number of benzene rings is 1. The van der Waals surface area contributed by atoms with Crippen molar-refractivity contribution < 1.29 is 4.79 Å². The van der Waals surface area contributed by atoms with Gasteiger partial charge in [-0.2, -0.15) is 5.10 Å². The SMILES string of the molecule is O=C(NCC1CCCCC1)c1nn(-c2ccc(Cl)cc2Cl)c2c1[C@H]1CC[C@H]2C1. The Balaban J connectivity index is 1.47. The fourth-order valence-corrected chi connectivity index (χ4v) is 5.94. The summed E-state index contributed by atoms with van der Waals surface area (Å²) in [6.07, 6.45) is 9.77. The number of fused-ring (bicyclic) bond motifs is 5. The number of carbonyl (C=O) groups excluding carboxylic acids is 1. The van der Waals surface area contributed by atoms with Gasteiger partial charge >= 0.3 is 0 Å². The second-order valence-corrected chi connectivity index (χ2v) is 9.42. The highest BCUT2D eigenvalue weighted by Gasteiger charge is 2.44. The average Bonchev–Trinajstić information content (AvgIpc) is 3.40. The summed E-state index contributed by atoms with van der Waals surface area (Å²) in [4.78, 5) is 13.1. The first-order valence-electron chi connectivity index (χ1n) is 10.5. The molecule has 2 atom stereocenters. The van der Waals surface area contributed by atoms with Crippen molar-refractivity contribution in [3.63, 3.8) is 0 Å². The van der Waals surface area contributed by atoms with Crippen LogP contribution in [0.1, 0.15) is 84.9 Å². The standard InChI is InChI=1S/C22H25Cl2N3O/c23-16-8-9-18(17(24)11-16)27-21-15-7-6-14(10-15)19(21)20(26-27)22(28)25-12-13-4-2-1-3-5-13/h8-9,11,13-15H,1-7,10,12H2,(H,25,28)/t14-,15-/m0/s1. The van der Waals surface area contributed by atoms with Gasteiger partial charge in [0, 0.05) is 23.0 Å². The first-order chi connectivity index (χ1) is 13.6. The number of nitrogens with one attached hydrogen (secondary N) is 1. The van der Waals surface area contributed by atoms with Gasteiger partial charge in [0.1, 0.15) is 0 Å². The minimum atomic E-state index is -0.0294. The normalized spacial score (nSPS) is 23.8. The van der Waals surface area contributed by atoms with Crippen molar-refractivity contribution in [3.05, 3.63) is 45.2 Å².